The minimum atomic E-state index is -0.0453. The highest BCUT2D eigenvalue weighted by Crippen LogP contribution is 2.29. The van der Waals surface area contributed by atoms with Crippen molar-refractivity contribution in [1.82, 2.24) is 10.1 Å². The lowest BCUT2D eigenvalue weighted by molar-refractivity contribution is 0.101. The van der Waals surface area contributed by atoms with Gasteiger partial charge < -0.3 is 18.4 Å². The minimum absolute atomic E-state index is 0.0453. The van der Waals surface area contributed by atoms with Gasteiger partial charge >= 0.3 is 0 Å². The maximum Gasteiger partial charge on any atom is 0.293 e. The molecule has 0 saturated heterocycles. The average Bonchev–Trinajstić information content (AvgIpc) is 3.23. The van der Waals surface area contributed by atoms with Gasteiger partial charge in [0.1, 0.15) is 0 Å². The molecule has 2 heterocycles. The molecule has 0 unspecified atom stereocenters. The SMILES string of the molecule is COc1cc(C(C)=O)ccc1OCc1noc(-c2ccco2)n1. The van der Waals surface area contributed by atoms with E-state index in [1.165, 1.54) is 20.3 Å². The zero-order valence-electron chi connectivity index (χ0n) is 12.6. The summed E-state index contributed by atoms with van der Waals surface area (Å²) < 4.78 is 21.1. The quantitative estimate of drug-likeness (QED) is 0.646. The number of methoxy groups -OCH3 is 1. The molecular formula is C16H14N2O5. The molecule has 0 amide bonds. The summed E-state index contributed by atoms with van der Waals surface area (Å²) in [6.07, 6.45) is 1.52. The Morgan fingerprint density at radius 2 is 2.13 bits per heavy atom. The summed E-state index contributed by atoms with van der Waals surface area (Å²) in [7, 11) is 1.51. The van der Waals surface area contributed by atoms with Gasteiger partial charge in [-0.3, -0.25) is 4.79 Å². The molecule has 0 atom stereocenters. The van der Waals surface area contributed by atoms with Crippen molar-refractivity contribution in [3.63, 3.8) is 0 Å². The second-order valence-corrected chi connectivity index (χ2v) is 4.70. The Morgan fingerprint density at radius 1 is 1.26 bits per heavy atom. The van der Waals surface area contributed by atoms with Crippen LogP contribution in [0.5, 0.6) is 11.5 Å². The molecule has 0 bridgehead atoms. The van der Waals surface area contributed by atoms with Crippen LogP contribution < -0.4 is 9.47 Å². The van der Waals surface area contributed by atoms with Gasteiger partial charge in [0, 0.05) is 5.56 Å². The van der Waals surface area contributed by atoms with Crippen molar-refractivity contribution < 1.29 is 23.2 Å². The van der Waals surface area contributed by atoms with Crippen molar-refractivity contribution in [3.8, 4) is 23.1 Å². The molecular weight excluding hydrogens is 300 g/mol. The zero-order chi connectivity index (χ0) is 16.2. The van der Waals surface area contributed by atoms with E-state index >= 15 is 0 Å². The van der Waals surface area contributed by atoms with Crippen LogP contribution in [0.2, 0.25) is 0 Å². The van der Waals surface area contributed by atoms with E-state index in [-0.39, 0.29) is 18.3 Å². The second kappa shape index (κ2) is 6.35. The number of benzene rings is 1. The van der Waals surface area contributed by atoms with Crippen LogP contribution >= 0.6 is 0 Å². The third-order valence-corrected chi connectivity index (χ3v) is 3.13. The molecule has 2 aromatic heterocycles. The summed E-state index contributed by atoms with van der Waals surface area (Å²) in [5, 5.41) is 3.82. The summed E-state index contributed by atoms with van der Waals surface area (Å²) >= 11 is 0. The lowest BCUT2D eigenvalue weighted by Gasteiger charge is -2.10. The van der Waals surface area contributed by atoms with E-state index in [4.69, 9.17) is 18.4 Å². The Labute approximate surface area is 131 Å². The van der Waals surface area contributed by atoms with Crippen molar-refractivity contribution in [2.75, 3.05) is 7.11 Å². The molecule has 0 radical (unpaired) electrons. The standard InChI is InChI=1S/C16H14N2O5/c1-10(19)11-5-6-12(14(8-11)20-2)22-9-15-17-16(23-18-15)13-4-3-7-21-13/h3-8H,9H2,1-2H3. The van der Waals surface area contributed by atoms with Gasteiger partial charge in [-0.1, -0.05) is 5.16 Å². The molecule has 0 aliphatic rings. The smallest absolute Gasteiger partial charge is 0.293 e. The third-order valence-electron chi connectivity index (χ3n) is 3.13. The first-order valence-corrected chi connectivity index (χ1v) is 6.85. The molecule has 0 N–H and O–H groups in total. The van der Waals surface area contributed by atoms with Gasteiger partial charge in [0.2, 0.25) is 5.82 Å². The number of Topliss-reactive ketones (excluding diaryl/α,β-unsaturated/α-hetero) is 1. The van der Waals surface area contributed by atoms with Crippen molar-refractivity contribution in [3.05, 3.63) is 48.0 Å². The van der Waals surface area contributed by atoms with E-state index in [1.807, 2.05) is 0 Å². The van der Waals surface area contributed by atoms with E-state index in [1.54, 1.807) is 30.3 Å². The van der Waals surface area contributed by atoms with Crippen LogP contribution in [-0.4, -0.2) is 23.0 Å². The summed E-state index contributed by atoms with van der Waals surface area (Å²) in [6.45, 7) is 1.59. The van der Waals surface area contributed by atoms with Gasteiger partial charge in [-0.05, 0) is 37.3 Å². The predicted octanol–water partition coefficient (Wildman–Crippen LogP) is 3.12. The van der Waals surface area contributed by atoms with Crippen LogP contribution in [0.15, 0.2) is 45.5 Å². The highest BCUT2D eigenvalue weighted by Gasteiger charge is 2.13. The number of furan rings is 1. The highest BCUT2D eigenvalue weighted by atomic mass is 16.5. The number of ether oxygens (including phenoxy) is 2. The van der Waals surface area contributed by atoms with Crippen LogP contribution in [0.3, 0.4) is 0 Å². The van der Waals surface area contributed by atoms with E-state index in [2.05, 4.69) is 10.1 Å². The van der Waals surface area contributed by atoms with Crippen molar-refractivity contribution in [2.45, 2.75) is 13.5 Å². The number of carbonyl (C=O) groups excluding carboxylic acids is 1. The molecule has 7 nitrogen and oxygen atoms in total. The highest BCUT2D eigenvalue weighted by molar-refractivity contribution is 5.94. The lowest BCUT2D eigenvalue weighted by Crippen LogP contribution is -2.01. The number of ketones is 1. The third kappa shape index (κ3) is 3.23. The maximum absolute atomic E-state index is 11.4. The fourth-order valence-electron chi connectivity index (χ4n) is 1.96. The second-order valence-electron chi connectivity index (χ2n) is 4.70. The number of aromatic nitrogens is 2. The Kier molecular flexibility index (Phi) is 4.09. The summed E-state index contributed by atoms with van der Waals surface area (Å²) in [5.74, 6) is 2.05. The molecule has 0 fully saturated rings. The molecule has 0 spiro atoms. The average molecular weight is 314 g/mol. The van der Waals surface area contributed by atoms with E-state index in [0.717, 1.165) is 0 Å². The van der Waals surface area contributed by atoms with Crippen LogP contribution in [0, 0.1) is 0 Å². The molecule has 0 aliphatic heterocycles. The molecule has 23 heavy (non-hydrogen) atoms. The normalized spacial score (nSPS) is 10.5. The Balaban J connectivity index is 1.72. The topological polar surface area (TPSA) is 87.6 Å². The van der Waals surface area contributed by atoms with Gasteiger partial charge in [-0.2, -0.15) is 4.98 Å². The van der Waals surface area contributed by atoms with E-state index in [9.17, 15) is 4.79 Å². The summed E-state index contributed by atoms with van der Waals surface area (Å²) in [4.78, 5) is 15.6. The Bertz CT molecular complexity index is 808. The maximum atomic E-state index is 11.4. The predicted molar refractivity (Wildman–Crippen MR) is 79.3 cm³/mol. The van der Waals surface area contributed by atoms with Crippen LogP contribution in [-0.2, 0) is 6.61 Å². The number of hydrogen-bond donors (Lipinski definition) is 0. The van der Waals surface area contributed by atoms with Crippen molar-refractivity contribution in [1.29, 1.82) is 0 Å². The minimum Gasteiger partial charge on any atom is -0.493 e. The first-order chi connectivity index (χ1) is 11.2. The molecule has 3 rings (SSSR count). The van der Waals surface area contributed by atoms with E-state index < -0.39 is 0 Å². The molecule has 7 heteroatoms. The first-order valence-electron chi connectivity index (χ1n) is 6.85. The van der Waals surface area contributed by atoms with E-state index in [0.29, 0.717) is 28.6 Å². The monoisotopic (exact) mass is 314 g/mol. The van der Waals surface area contributed by atoms with Gasteiger partial charge in [-0.25, -0.2) is 0 Å². The van der Waals surface area contributed by atoms with Gasteiger partial charge in [-0.15, -0.1) is 0 Å². The fraction of sp³-hybridized carbons (Fsp3) is 0.188. The molecule has 0 aliphatic carbocycles. The van der Waals surface area contributed by atoms with Gasteiger partial charge in [0.15, 0.2) is 29.6 Å². The zero-order valence-corrected chi connectivity index (χ0v) is 12.6. The molecule has 3 aromatic rings. The number of nitrogens with zero attached hydrogens (tertiary/aromatic N) is 2. The number of hydrogen-bond acceptors (Lipinski definition) is 7. The molecule has 0 saturated carbocycles. The van der Waals surface area contributed by atoms with Gasteiger partial charge in [0.25, 0.3) is 5.89 Å². The largest absolute Gasteiger partial charge is 0.493 e. The van der Waals surface area contributed by atoms with Crippen LogP contribution in [0.1, 0.15) is 23.1 Å². The first kappa shape index (κ1) is 14.8. The fourth-order valence-corrected chi connectivity index (χ4v) is 1.96. The van der Waals surface area contributed by atoms with Crippen LogP contribution in [0.4, 0.5) is 0 Å². The Morgan fingerprint density at radius 3 is 2.83 bits per heavy atom. The lowest BCUT2D eigenvalue weighted by atomic mass is 10.1. The molecule has 1 aromatic carbocycles. The number of rotatable bonds is 6. The summed E-state index contributed by atoms with van der Waals surface area (Å²) in [5.41, 5.74) is 0.550. The van der Waals surface area contributed by atoms with Gasteiger partial charge in [0.05, 0.1) is 13.4 Å². The summed E-state index contributed by atoms with van der Waals surface area (Å²) in [6, 6.07) is 8.43. The van der Waals surface area contributed by atoms with Crippen LogP contribution in [0.25, 0.3) is 11.7 Å². The van der Waals surface area contributed by atoms with Crippen molar-refractivity contribution in [2.24, 2.45) is 0 Å². The molecule has 118 valence electrons. The Hall–Kier alpha value is -3.09. The van der Waals surface area contributed by atoms with Crippen molar-refractivity contribution >= 4 is 5.78 Å². The number of carbonyl (C=O) groups is 1.